The molecule has 0 saturated heterocycles. The Kier molecular flexibility index (Phi) is 5.43. The maximum Gasteiger partial charge on any atom is 0.412 e. The van der Waals surface area contributed by atoms with Crippen LogP contribution in [0.15, 0.2) is 12.1 Å². The lowest BCUT2D eigenvalue weighted by molar-refractivity contribution is 0.0595. The number of carbonyl (C=O) groups excluding carboxylic acids is 2. The van der Waals surface area contributed by atoms with E-state index in [1.807, 2.05) is 0 Å². The van der Waals surface area contributed by atoms with Crippen molar-refractivity contribution in [3.05, 3.63) is 22.7 Å². The molecule has 0 aliphatic rings. The summed E-state index contributed by atoms with van der Waals surface area (Å²) in [5, 5.41) is 2.67. The van der Waals surface area contributed by atoms with Crippen LogP contribution in [0.4, 0.5) is 10.5 Å². The highest BCUT2D eigenvalue weighted by atomic mass is 35.5. The van der Waals surface area contributed by atoms with Crippen LogP contribution < -0.4 is 10.1 Å². The van der Waals surface area contributed by atoms with Crippen molar-refractivity contribution in [2.45, 2.75) is 26.4 Å². The highest BCUT2D eigenvalue weighted by Gasteiger charge is 2.20. The van der Waals surface area contributed by atoms with Crippen molar-refractivity contribution in [2.24, 2.45) is 0 Å². The summed E-state index contributed by atoms with van der Waals surface area (Å²) in [6.07, 6.45) is -0.655. The maximum atomic E-state index is 11.7. The van der Waals surface area contributed by atoms with Gasteiger partial charge in [-0.3, -0.25) is 5.32 Å². The average molecular weight is 316 g/mol. The SMILES string of the molecule is COC(=O)c1cc(Cl)c(NC(=O)OC(C)(C)C)cc1OC. The summed E-state index contributed by atoms with van der Waals surface area (Å²) in [4.78, 5) is 23.3. The number of anilines is 1. The second-order valence-corrected chi connectivity index (χ2v) is 5.56. The summed E-state index contributed by atoms with van der Waals surface area (Å²) >= 11 is 6.04. The molecule has 0 atom stereocenters. The normalized spacial score (nSPS) is 10.8. The van der Waals surface area contributed by atoms with E-state index in [1.165, 1.54) is 26.4 Å². The molecule has 0 spiro atoms. The van der Waals surface area contributed by atoms with Crippen LogP contribution >= 0.6 is 11.6 Å². The van der Waals surface area contributed by atoms with Gasteiger partial charge in [0.25, 0.3) is 0 Å². The molecular formula is C14H18ClNO5. The average Bonchev–Trinajstić information content (AvgIpc) is 2.37. The third-order valence-electron chi connectivity index (χ3n) is 2.33. The summed E-state index contributed by atoms with van der Waals surface area (Å²) in [5.74, 6) is -0.352. The quantitative estimate of drug-likeness (QED) is 0.864. The predicted octanol–water partition coefficient (Wildman–Crippen LogP) is 3.48. The van der Waals surface area contributed by atoms with Crippen molar-refractivity contribution >= 4 is 29.4 Å². The fourth-order valence-corrected chi connectivity index (χ4v) is 1.71. The largest absolute Gasteiger partial charge is 0.496 e. The summed E-state index contributed by atoms with van der Waals surface area (Å²) in [6, 6.07) is 2.79. The van der Waals surface area contributed by atoms with Crippen molar-refractivity contribution in [3.63, 3.8) is 0 Å². The minimum Gasteiger partial charge on any atom is -0.496 e. The Morgan fingerprint density at radius 3 is 2.29 bits per heavy atom. The highest BCUT2D eigenvalue weighted by molar-refractivity contribution is 6.34. The first-order valence-corrected chi connectivity index (χ1v) is 6.51. The van der Waals surface area contributed by atoms with Gasteiger partial charge in [-0.1, -0.05) is 11.6 Å². The number of methoxy groups -OCH3 is 2. The Morgan fingerprint density at radius 2 is 1.81 bits per heavy atom. The third-order valence-corrected chi connectivity index (χ3v) is 2.64. The first-order valence-electron chi connectivity index (χ1n) is 6.13. The number of benzene rings is 1. The number of ether oxygens (including phenoxy) is 3. The van der Waals surface area contributed by atoms with Crippen molar-refractivity contribution in [1.82, 2.24) is 0 Å². The standard InChI is InChI=1S/C14H18ClNO5/c1-14(2,3)21-13(18)16-10-7-11(19-4)8(6-9(10)15)12(17)20-5/h6-7H,1-5H3,(H,16,18). The molecule has 1 amide bonds. The summed E-state index contributed by atoms with van der Waals surface area (Å²) in [6.45, 7) is 5.24. The molecule has 0 aliphatic carbocycles. The Balaban J connectivity index is 3.05. The smallest absolute Gasteiger partial charge is 0.412 e. The summed E-state index contributed by atoms with van der Waals surface area (Å²) in [5.41, 5.74) is -0.192. The number of amides is 1. The van der Waals surface area contributed by atoms with Gasteiger partial charge in [-0.2, -0.15) is 0 Å². The van der Waals surface area contributed by atoms with Crippen LogP contribution in [0.3, 0.4) is 0 Å². The molecule has 0 radical (unpaired) electrons. The number of rotatable bonds is 3. The van der Waals surface area contributed by atoms with Gasteiger partial charge < -0.3 is 14.2 Å². The monoisotopic (exact) mass is 315 g/mol. The molecule has 0 bridgehead atoms. The van der Waals surface area contributed by atoms with Gasteiger partial charge in [-0.05, 0) is 26.8 Å². The molecule has 0 saturated carbocycles. The minimum atomic E-state index is -0.655. The van der Waals surface area contributed by atoms with Gasteiger partial charge in [0.05, 0.1) is 24.9 Å². The van der Waals surface area contributed by atoms with Crippen LogP contribution in [-0.4, -0.2) is 31.9 Å². The van der Waals surface area contributed by atoms with Gasteiger partial charge in [-0.15, -0.1) is 0 Å². The van der Waals surface area contributed by atoms with Crippen LogP contribution in [0.1, 0.15) is 31.1 Å². The van der Waals surface area contributed by atoms with Gasteiger partial charge in [0.2, 0.25) is 0 Å². The number of hydrogen-bond acceptors (Lipinski definition) is 5. The molecule has 0 unspecified atom stereocenters. The maximum absolute atomic E-state index is 11.7. The molecule has 1 aromatic carbocycles. The van der Waals surface area contributed by atoms with Crippen LogP contribution in [0.5, 0.6) is 5.75 Å². The van der Waals surface area contributed by atoms with E-state index in [0.29, 0.717) is 0 Å². The summed E-state index contributed by atoms with van der Waals surface area (Å²) in [7, 11) is 2.65. The lowest BCUT2D eigenvalue weighted by atomic mass is 10.1. The molecule has 1 N–H and O–H groups in total. The molecule has 0 fully saturated rings. The Bertz CT molecular complexity index is 551. The number of esters is 1. The van der Waals surface area contributed by atoms with Gasteiger partial charge >= 0.3 is 12.1 Å². The van der Waals surface area contributed by atoms with Crippen LogP contribution in [0.2, 0.25) is 5.02 Å². The lowest BCUT2D eigenvalue weighted by Gasteiger charge is -2.20. The second-order valence-electron chi connectivity index (χ2n) is 5.15. The number of halogens is 1. The van der Waals surface area contributed by atoms with E-state index in [0.717, 1.165) is 0 Å². The van der Waals surface area contributed by atoms with E-state index in [2.05, 4.69) is 10.1 Å². The van der Waals surface area contributed by atoms with Gasteiger partial charge in [0, 0.05) is 6.07 Å². The topological polar surface area (TPSA) is 73.9 Å². The molecule has 0 heterocycles. The Labute approximate surface area is 128 Å². The van der Waals surface area contributed by atoms with Crippen molar-refractivity contribution in [3.8, 4) is 5.75 Å². The van der Waals surface area contributed by atoms with Crippen molar-refractivity contribution in [2.75, 3.05) is 19.5 Å². The molecule has 116 valence electrons. The van der Waals surface area contributed by atoms with Gasteiger partial charge in [0.15, 0.2) is 0 Å². The number of carbonyl (C=O) groups is 2. The van der Waals surface area contributed by atoms with Crippen LogP contribution in [0, 0.1) is 0 Å². The zero-order valence-electron chi connectivity index (χ0n) is 12.6. The van der Waals surface area contributed by atoms with Crippen LogP contribution in [-0.2, 0) is 9.47 Å². The molecule has 0 aromatic heterocycles. The zero-order valence-corrected chi connectivity index (χ0v) is 13.3. The molecule has 1 aromatic rings. The fraction of sp³-hybridized carbons (Fsp3) is 0.429. The van der Waals surface area contributed by atoms with E-state index in [1.54, 1.807) is 20.8 Å². The van der Waals surface area contributed by atoms with E-state index < -0.39 is 17.7 Å². The molecule has 1 rings (SSSR count). The van der Waals surface area contributed by atoms with E-state index in [4.69, 9.17) is 21.1 Å². The lowest BCUT2D eigenvalue weighted by Crippen LogP contribution is -2.27. The van der Waals surface area contributed by atoms with Crippen molar-refractivity contribution in [1.29, 1.82) is 0 Å². The van der Waals surface area contributed by atoms with Gasteiger partial charge in [-0.25, -0.2) is 9.59 Å². The Morgan fingerprint density at radius 1 is 1.19 bits per heavy atom. The van der Waals surface area contributed by atoms with E-state index in [9.17, 15) is 9.59 Å². The molecule has 21 heavy (non-hydrogen) atoms. The van der Waals surface area contributed by atoms with E-state index >= 15 is 0 Å². The minimum absolute atomic E-state index is 0.166. The molecular weight excluding hydrogens is 298 g/mol. The predicted molar refractivity (Wildman–Crippen MR) is 79.2 cm³/mol. The first-order chi connectivity index (χ1) is 9.67. The molecule has 6 nitrogen and oxygen atoms in total. The second kappa shape index (κ2) is 6.67. The van der Waals surface area contributed by atoms with Crippen LogP contribution in [0.25, 0.3) is 0 Å². The zero-order chi connectivity index (χ0) is 16.2. The number of hydrogen-bond donors (Lipinski definition) is 1. The van der Waals surface area contributed by atoms with Crippen molar-refractivity contribution < 1.29 is 23.8 Å². The van der Waals surface area contributed by atoms with E-state index in [-0.39, 0.29) is 22.0 Å². The van der Waals surface area contributed by atoms with Gasteiger partial charge in [0.1, 0.15) is 16.9 Å². The first kappa shape index (κ1) is 17.1. The fourth-order valence-electron chi connectivity index (χ4n) is 1.50. The highest BCUT2D eigenvalue weighted by Crippen LogP contribution is 2.31. The Hall–Kier alpha value is -1.95. The molecule has 7 heteroatoms. The summed E-state index contributed by atoms with van der Waals surface area (Å²) < 4.78 is 14.9. The number of nitrogens with one attached hydrogen (secondary N) is 1. The third kappa shape index (κ3) is 4.82. The molecule has 0 aliphatic heterocycles.